The lowest BCUT2D eigenvalue weighted by molar-refractivity contribution is 0.0750. The highest BCUT2D eigenvalue weighted by Gasteiger charge is 2.21. The average Bonchev–Trinajstić information content (AvgIpc) is 3.08. The molecule has 8 heteroatoms. The van der Waals surface area contributed by atoms with Gasteiger partial charge >= 0.3 is 0 Å². The second-order valence-corrected chi connectivity index (χ2v) is 6.19. The van der Waals surface area contributed by atoms with Gasteiger partial charge in [0.05, 0.1) is 5.69 Å². The summed E-state index contributed by atoms with van der Waals surface area (Å²) < 4.78 is 14.7. The molecule has 3 rings (SSSR count). The van der Waals surface area contributed by atoms with E-state index in [1.807, 2.05) is 30.3 Å². The smallest absolute Gasteiger partial charge is 0.293 e. The first-order valence-corrected chi connectivity index (χ1v) is 8.81. The van der Waals surface area contributed by atoms with E-state index in [1.165, 1.54) is 16.8 Å². The van der Waals surface area contributed by atoms with Gasteiger partial charge in [0.15, 0.2) is 0 Å². The third-order valence-corrected chi connectivity index (χ3v) is 4.23. The zero-order valence-corrected chi connectivity index (χ0v) is 16.4. The SMILES string of the molecule is Cc1nc(C(=O)N(CCN)CCc2ccccc2)nn1-c1ccc(F)cc1.Cl. The second kappa shape index (κ2) is 9.96. The van der Waals surface area contributed by atoms with Crippen molar-refractivity contribution < 1.29 is 9.18 Å². The quantitative estimate of drug-likeness (QED) is 0.658. The maximum Gasteiger partial charge on any atom is 0.293 e. The Labute approximate surface area is 169 Å². The van der Waals surface area contributed by atoms with Gasteiger partial charge in [-0.25, -0.2) is 14.1 Å². The summed E-state index contributed by atoms with van der Waals surface area (Å²) >= 11 is 0. The predicted octanol–water partition coefficient (Wildman–Crippen LogP) is 2.78. The number of benzene rings is 2. The van der Waals surface area contributed by atoms with Crippen molar-refractivity contribution >= 4 is 18.3 Å². The molecule has 2 N–H and O–H groups in total. The highest BCUT2D eigenvalue weighted by Crippen LogP contribution is 2.12. The summed E-state index contributed by atoms with van der Waals surface area (Å²) in [5.74, 6) is 0.0715. The number of hydrogen-bond acceptors (Lipinski definition) is 4. The summed E-state index contributed by atoms with van der Waals surface area (Å²) in [5.41, 5.74) is 7.47. The third-order valence-electron chi connectivity index (χ3n) is 4.23. The average molecular weight is 404 g/mol. The summed E-state index contributed by atoms with van der Waals surface area (Å²) in [6, 6.07) is 15.8. The van der Waals surface area contributed by atoms with Gasteiger partial charge in [0.25, 0.3) is 5.91 Å². The molecule has 0 fully saturated rings. The first kappa shape index (κ1) is 21.5. The van der Waals surface area contributed by atoms with Crippen molar-refractivity contribution in [1.29, 1.82) is 0 Å². The largest absolute Gasteiger partial charge is 0.334 e. The molecular weight excluding hydrogens is 381 g/mol. The molecular formula is C20H23ClFN5O. The number of carbonyl (C=O) groups is 1. The Morgan fingerprint density at radius 2 is 1.79 bits per heavy atom. The molecule has 0 bridgehead atoms. The van der Waals surface area contributed by atoms with Crippen LogP contribution in [0.2, 0.25) is 0 Å². The fourth-order valence-electron chi connectivity index (χ4n) is 2.83. The van der Waals surface area contributed by atoms with E-state index in [1.54, 1.807) is 24.0 Å². The van der Waals surface area contributed by atoms with Crippen LogP contribution in [0.1, 0.15) is 22.0 Å². The molecule has 0 radical (unpaired) electrons. The monoisotopic (exact) mass is 403 g/mol. The number of aryl methyl sites for hydroxylation is 1. The minimum absolute atomic E-state index is 0. The number of amides is 1. The van der Waals surface area contributed by atoms with Gasteiger partial charge in [-0.15, -0.1) is 17.5 Å². The van der Waals surface area contributed by atoms with E-state index in [0.29, 0.717) is 31.1 Å². The van der Waals surface area contributed by atoms with Crippen LogP contribution in [-0.2, 0) is 6.42 Å². The van der Waals surface area contributed by atoms with Crippen molar-refractivity contribution in [2.24, 2.45) is 5.73 Å². The van der Waals surface area contributed by atoms with Crippen LogP contribution in [0.25, 0.3) is 5.69 Å². The summed E-state index contributed by atoms with van der Waals surface area (Å²) in [4.78, 5) is 18.8. The standard InChI is InChI=1S/C20H22FN5O.ClH/c1-15-23-19(24-26(15)18-9-7-17(21)8-10-18)20(27)25(14-12-22)13-11-16-5-3-2-4-6-16;/h2-10H,11-14,22H2,1H3;1H. The molecule has 0 saturated carbocycles. The predicted molar refractivity (Wildman–Crippen MR) is 108 cm³/mol. The summed E-state index contributed by atoms with van der Waals surface area (Å²) in [5, 5.41) is 4.32. The van der Waals surface area contributed by atoms with E-state index in [2.05, 4.69) is 10.1 Å². The van der Waals surface area contributed by atoms with Crippen LogP contribution in [0.5, 0.6) is 0 Å². The first-order chi connectivity index (χ1) is 13.1. The Morgan fingerprint density at radius 1 is 1.11 bits per heavy atom. The van der Waals surface area contributed by atoms with Crippen molar-refractivity contribution in [1.82, 2.24) is 19.7 Å². The molecule has 3 aromatic rings. The van der Waals surface area contributed by atoms with Crippen molar-refractivity contribution in [2.45, 2.75) is 13.3 Å². The van der Waals surface area contributed by atoms with Gasteiger partial charge in [-0.1, -0.05) is 30.3 Å². The van der Waals surface area contributed by atoms with Gasteiger partial charge in [-0.3, -0.25) is 4.79 Å². The van der Waals surface area contributed by atoms with Gasteiger partial charge < -0.3 is 10.6 Å². The van der Waals surface area contributed by atoms with E-state index in [4.69, 9.17) is 5.73 Å². The second-order valence-electron chi connectivity index (χ2n) is 6.19. The molecule has 0 atom stereocenters. The lowest BCUT2D eigenvalue weighted by atomic mass is 10.1. The Morgan fingerprint density at radius 3 is 2.43 bits per heavy atom. The first-order valence-electron chi connectivity index (χ1n) is 8.81. The van der Waals surface area contributed by atoms with Crippen LogP contribution in [0.3, 0.4) is 0 Å². The third kappa shape index (κ3) is 5.15. The fourth-order valence-corrected chi connectivity index (χ4v) is 2.83. The van der Waals surface area contributed by atoms with Crippen LogP contribution < -0.4 is 5.73 Å². The summed E-state index contributed by atoms with van der Waals surface area (Å²) in [6.07, 6.45) is 0.726. The van der Waals surface area contributed by atoms with Crippen LogP contribution in [0.15, 0.2) is 54.6 Å². The lowest BCUT2D eigenvalue weighted by Gasteiger charge is -2.20. The van der Waals surface area contributed by atoms with Crippen LogP contribution >= 0.6 is 12.4 Å². The molecule has 0 saturated heterocycles. The van der Waals surface area contributed by atoms with E-state index in [0.717, 1.165) is 12.0 Å². The molecule has 0 aliphatic rings. The molecule has 0 aliphatic carbocycles. The maximum atomic E-state index is 13.1. The van der Waals surface area contributed by atoms with Gasteiger partial charge in [0.2, 0.25) is 5.82 Å². The molecule has 1 amide bonds. The fraction of sp³-hybridized carbons (Fsp3) is 0.250. The Hall–Kier alpha value is -2.77. The maximum absolute atomic E-state index is 13.1. The molecule has 2 aromatic carbocycles. The van der Waals surface area contributed by atoms with E-state index >= 15 is 0 Å². The Balaban J connectivity index is 0.00000280. The zero-order chi connectivity index (χ0) is 19.2. The highest BCUT2D eigenvalue weighted by atomic mass is 35.5. The molecule has 0 spiro atoms. The summed E-state index contributed by atoms with van der Waals surface area (Å²) in [7, 11) is 0. The topological polar surface area (TPSA) is 77.0 Å². The molecule has 1 heterocycles. The molecule has 28 heavy (non-hydrogen) atoms. The minimum Gasteiger partial charge on any atom is -0.334 e. The van der Waals surface area contributed by atoms with E-state index < -0.39 is 0 Å². The van der Waals surface area contributed by atoms with Crippen LogP contribution in [-0.4, -0.2) is 45.2 Å². The Bertz CT molecular complexity index is 899. The van der Waals surface area contributed by atoms with Gasteiger partial charge in [-0.05, 0) is 43.2 Å². The van der Waals surface area contributed by atoms with Crippen molar-refractivity contribution in [3.05, 3.63) is 77.6 Å². The Kier molecular flexibility index (Phi) is 7.66. The normalized spacial score (nSPS) is 10.4. The summed E-state index contributed by atoms with van der Waals surface area (Å²) in [6.45, 7) is 3.07. The van der Waals surface area contributed by atoms with E-state index in [-0.39, 0.29) is 30.0 Å². The number of halogens is 2. The van der Waals surface area contributed by atoms with Crippen LogP contribution in [0.4, 0.5) is 4.39 Å². The molecule has 148 valence electrons. The number of aromatic nitrogens is 3. The van der Waals surface area contributed by atoms with Gasteiger partial charge in [0.1, 0.15) is 11.6 Å². The number of carbonyl (C=O) groups excluding carboxylic acids is 1. The highest BCUT2D eigenvalue weighted by molar-refractivity contribution is 5.90. The van der Waals surface area contributed by atoms with E-state index in [9.17, 15) is 9.18 Å². The number of hydrogen-bond donors (Lipinski definition) is 1. The van der Waals surface area contributed by atoms with Gasteiger partial charge in [0, 0.05) is 19.6 Å². The number of nitrogens with two attached hydrogens (primary N) is 1. The minimum atomic E-state index is -0.331. The van der Waals surface area contributed by atoms with Gasteiger partial charge in [-0.2, -0.15) is 0 Å². The molecule has 0 unspecified atom stereocenters. The van der Waals surface area contributed by atoms with Crippen molar-refractivity contribution in [3.8, 4) is 5.69 Å². The number of rotatable bonds is 7. The molecule has 6 nitrogen and oxygen atoms in total. The van der Waals surface area contributed by atoms with Crippen molar-refractivity contribution in [2.75, 3.05) is 19.6 Å². The van der Waals surface area contributed by atoms with Crippen LogP contribution in [0, 0.1) is 12.7 Å². The lowest BCUT2D eigenvalue weighted by Crippen LogP contribution is -2.37. The number of nitrogens with zero attached hydrogens (tertiary/aromatic N) is 4. The molecule has 1 aromatic heterocycles. The zero-order valence-electron chi connectivity index (χ0n) is 15.6. The van der Waals surface area contributed by atoms with Crippen molar-refractivity contribution in [3.63, 3.8) is 0 Å². The molecule has 0 aliphatic heterocycles.